The van der Waals surface area contributed by atoms with Gasteiger partial charge in [0, 0.05) is 0 Å². The first-order valence-electron chi connectivity index (χ1n) is 3.82. The highest BCUT2D eigenvalue weighted by atomic mass is 35.5. The van der Waals surface area contributed by atoms with Gasteiger partial charge in [-0.15, -0.1) is 0 Å². The topological polar surface area (TPSA) is 12.4 Å². The highest BCUT2D eigenvalue weighted by molar-refractivity contribution is 6.65. The lowest BCUT2D eigenvalue weighted by atomic mass is 10.3. The molecule has 0 aromatic heterocycles. The number of alkyl halides is 3. The molecule has 0 atom stereocenters. The molecule has 0 unspecified atom stereocenters. The minimum absolute atomic E-state index is 0.418. The van der Waals surface area contributed by atoms with Gasteiger partial charge in [-0.1, -0.05) is 29.8 Å². The molecule has 0 aliphatic rings. The van der Waals surface area contributed by atoms with Crippen molar-refractivity contribution in [1.82, 2.24) is 0 Å². The lowest BCUT2D eigenvalue weighted by molar-refractivity contribution is -0.120. The predicted octanol–water partition coefficient (Wildman–Crippen LogP) is 3.91. The van der Waals surface area contributed by atoms with Gasteiger partial charge < -0.3 is 0 Å². The van der Waals surface area contributed by atoms with E-state index in [1.54, 1.807) is 30.3 Å². The van der Waals surface area contributed by atoms with E-state index in [0.29, 0.717) is 5.69 Å². The highest BCUT2D eigenvalue weighted by Gasteiger charge is 2.29. The highest BCUT2D eigenvalue weighted by Crippen LogP contribution is 2.23. The monoisotopic (exact) mass is 221 g/mol. The van der Waals surface area contributed by atoms with Crippen LogP contribution in [0.4, 0.5) is 18.9 Å². The van der Waals surface area contributed by atoms with Crippen molar-refractivity contribution >= 4 is 22.5 Å². The number of nitrogens with zero attached hydrogens (tertiary/aromatic N) is 1. The Morgan fingerprint density at radius 3 is 2.29 bits per heavy atom. The summed E-state index contributed by atoms with van der Waals surface area (Å²) in [5.74, 6) is 0. The molecule has 0 bridgehead atoms. The van der Waals surface area contributed by atoms with Crippen LogP contribution >= 0.6 is 11.6 Å². The molecule has 0 amide bonds. The predicted molar refractivity (Wildman–Crippen MR) is 50.1 cm³/mol. The normalized spacial score (nSPS) is 13.0. The van der Waals surface area contributed by atoms with E-state index in [9.17, 15) is 13.2 Å². The number of hydrogen-bond acceptors (Lipinski definition) is 1. The van der Waals surface area contributed by atoms with Crippen LogP contribution < -0.4 is 0 Å². The average molecular weight is 222 g/mol. The van der Waals surface area contributed by atoms with Gasteiger partial charge in [0.25, 0.3) is 0 Å². The fourth-order valence-electron chi connectivity index (χ4n) is 0.848. The molecule has 0 N–H and O–H groups in total. The first-order chi connectivity index (χ1) is 6.47. The Bertz CT molecular complexity index is 319. The van der Waals surface area contributed by atoms with Crippen LogP contribution in [0.15, 0.2) is 35.3 Å². The Morgan fingerprint density at radius 1 is 1.21 bits per heavy atom. The van der Waals surface area contributed by atoms with Crippen LogP contribution in [0.25, 0.3) is 0 Å². The Labute approximate surface area is 84.2 Å². The molecule has 76 valence electrons. The van der Waals surface area contributed by atoms with Crippen LogP contribution in [0.3, 0.4) is 0 Å². The average Bonchev–Trinajstić information content (AvgIpc) is 2.02. The number of hydrogen-bond donors (Lipinski definition) is 0. The van der Waals surface area contributed by atoms with Gasteiger partial charge in [0.1, 0.15) is 5.17 Å². The lowest BCUT2D eigenvalue weighted by Gasteiger charge is -2.03. The number of halogens is 4. The molecule has 1 aromatic carbocycles. The molecular formula is C9H7ClF3N. The number of rotatable bonds is 2. The van der Waals surface area contributed by atoms with Crippen LogP contribution in [-0.2, 0) is 0 Å². The molecule has 0 aliphatic carbocycles. The fourth-order valence-corrected chi connectivity index (χ4v) is 1.10. The van der Waals surface area contributed by atoms with Crippen LogP contribution in [0.5, 0.6) is 0 Å². The maximum Gasteiger partial charge on any atom is 0.395 e. The molecule has 0 aliphatic heterocycles. The van der Waals surface area contributed by atoms with E-state index in [0.717, 1.165) is 0 Å². The van der Waals surface area contributed by atoms with E-state index in [1.165, 1.54) is 0 Å². The van der Waals surface area contributed by atoms with Gasteiger partial charge in [-0.2, -0.15) is 13.2 Å². The SMILES string of the molecule is FC(F)(F)CC(Cl)=Nc1ccccc1. The second-order valence-electron chi connectivity index (χ2n) is 2.62. The summed E-state index contributed by atoms with van der Waals surface area (Å²) < 4.78 is 35.5. The molecule has 5 heteroatoms. The van der Waals surface area contributed by atoms with Crippen molar-refractivity contribution in [3.8, 4) is 0 Å². The van der Waals surface area contributed by atoms with Gasteiger partial charge in [0.15, 0.2) is 0 Å². The molecule has 0 saturated heterocycles. The Kier molecular flexibility index (Phi) is 3.52. The summed E-state index contributed by atoms with van der Waals surface area (Å²) in [5, 5.41) is -0.455. The summed E-state index contributed by atoms with van der Waals surface area (Å²) in [4.78, 5) is 3.61. The Balaban J connectivity index is 2.70. The van der Waals surface area contributed by atoms with Crippen LogP contribution in [0.1, 0.15) is 6.42 Å². The Hall–Kier alpha value is -1.03. The van der Waals surface area contributed by atoms with E-state index in [1.807, 2.05) is 0 Å². The molecule has 1 rings (SSSR count). The van der Waals surface area contributed by atoms with Crippen LogP contribution in [0, 0.1) is 0 Å². The molecule has 0 fully saturated rings. The zero-order valence-electron chi connectivity index (χ0n) is 7.05. The largest absolute Gasteiger partial charge is 0.395 e. The van der Waals surface area contributed by atoms with Gasteiger partial charge in [0.05, 0.1) is 12.1 Å². The van der Waals surface area contributed by atoms with Crippen molar-refractivity contribution < 1.29 is 13.2 Å². The molecule has 1 nitrogen and oxygen atoms in total. The van der Waals surface area contributed by atoms with Crippen LogP contribution in [-0.4, -0.2) is 11.3 Å². The summed E-state index contributed by atoms with van der Waals surface area (Å²) in [5.41, 5.74) is 0.418. The van der Waals surface area contributed by atoms with E-state index in [2.05, 4.69) is 4.99 Å². The summed E-state index contributed by atoms with van der Waals surface area (Å²) in [6, 6.07) is 8.27. The number of aliphatic imine (C=N–C) groups is 1. The quantitative estimate of drug-likeness (QED) is 0.672. The minimum Gasteiger partial charge on any atom is -0.241 e. The minimum atomic E-state index is -4.31. The molecule has 0 saturated carbocycles. The van der Waals surface area contributed by atoms with Gasteiger partial charge in [-0.3, -0.25) is 0 Å². The van der Waals surface area contributed by atoms with Crippen molar-refractivity contribution in [2.75, 3.05) is 0 Å². The standard InChI is InChI=1S/C9H7ClF3N/c10-8(6-9(11,12)13)14-7-4-2-1-3-5-7/h1-5H,6H2. The van der Waals surface area contributed by atoms with Gasteiger partial charge in [0.2, 0.25) is 0 Å². The molecule has 1 aromatic rings. The van der Waals surface area contributed by atoms with E-state index < -0.39 is 17.8 Å². The smallest absolute Gasteiger partial charge is 0.241 e. The summed E-state index contributed by atoms with van der Waals surface area (Å²) in [7, 11) is 0. The van der Waals surface area contributed by atoms with Gasteiger partial charge in [-0.25, -0.2) is 4.99 Å². The Morgan fingerprint density at radius 2 is 1.79 bits per heavy atom. The summed E-state index contributed by atoms with van der Waals surface area (Å²) in [6.07, 6.45) is -5.50. The molecule has 0 spiro atoms. The number of para-hydroxylation sites is 1. The lowest BCUT2D eigenvalue weighted by Crippen LogP contribution is -2.10. The fraction of sp³-hybridized carbons (Fsp3) is 0.222. The zero-order valence-corrected chi connectivity index (χ0v) is 7.81. The molecule has 14 heavy (non-hydrogen) atoms. The third-order valence-corrected chi connectivity index (χ3v) is 1.57. The zero-order chi connectivity index (χ0) is 10.6. The van der Waals surface area contributed by atoms with E-state index >= 15 is 0 Å². The maximum atomic E-state index is 11.8. The third-order valence-electron chi connectivity index (χ3n) is 1.35. The van der Waals surface area contributed by atoms with Crippen LogP contribution in [0.2, 0.25) is 0 Å². The molecule has 0 radical (unpaired) electrons. The van der Waals surface area contributed by atoms with Crippen molar-refractivity contribution in [1.29, 1.82) is 0 Å². The summed E-state index contributed by atoms with van der Waals surface area (Å²) in [6.45, 7) is 0. The first-order valence-corrected chi connectivity index (χ1v) is 4.20. The van der Waals surface area contributed by atoms with Gasteiger partial charge >= 0.3 is 6.18 Å². The molecular weight excluding hydrogens is 215 g/mol. The second-order valence-corrected chi connectivity index (χ2v) is 3.05. The first kappa shape index (κ1) is 11.0. The number of benzene rings is 1. The maximum absolute atomic E-state index is 11.8. The van der Waals surface area contributed by atoms with Gasteiger partial charge in [-0.05, 0) is 12.1 Å². The van der Waals surface area contributed by atoms with Crippen molar-refractivity contribution in [2.45, 2.75) is 12.6 Å². The molecule has 0 heterocycles. The van der Waals surface area contributed by atoms with Crippen molar-refractivity contribution in [3.05, 3.63) is 30.3 Å². The summed E-state index contributed by atoms with van der Waals surface area (Å²) >= 11 is 5.33. The van der Waals surface area contributed by atoms with Crippen molar-refractivity contribution in [2.24, 2.45) is 4.99 Å². The van der Waals surface area contributed by atoms with Crippen molar-refractivity contribution in [3.63, 3.8) is 0 Å². The van der Waals surface area contributed by atoms with E-state index in [-0.39, 0.29) is 0 Å². The third kappa shape index (κ3) is 4.28. The second kappa shape index (κ2) is 4.46. The van der Waals surface area contributed by atoms with E-state index in [4.69, 9.17) is 11.6 Å².